The number of esters is 1. The molecule has 1 unspecified atom stereocenters. The molecule has 1 spiro atoms. The number of likely N-dealkylation sites (tertiary alicyclic amines) is 2. The normalized spacial score (nSPS) is 27.6. The Morgan fingerprint density at radius 3 is 2.44 bits per heavy atom. The molecule has 2 aromatic heterocycles. The zero-order valence-electron chi connectivity index (χ0n) is 46.9. The van der Waals surface area contributed by atoms with E-state index >= 15 is 14.4 Å². The summed E-state index contributed by atoms with van der Waals surface area (Å²) in [7, 11) is 0. The monoisotopic (exact) mass is 1080 g/mol. The Morgan fingerprint density at radius 2 is 1.72 bits per heavy atom. The first-order chi connectivity index (χ1) is 37.2. The smallest absolute Gasteiger partial charge is 0.324 e. The highest BCUT2D eigenvalue weighted by Crippen LogP contribution is 2.52. The van der Waals surface area contributed by atoms with E-state index in [0.717, 1.165) is 83.1 Å². The van der Waals surface area contributed by atoms with Crippen LogP contribution >= 0.6 is 0 Å². The van der Waals surface area contributed by atoms with Gasteiger partial charge in [-0.15, -0.1) is 4.31 Å². The van der Waals surface area contributed by atoms with E-state index in [9.17, 15) is 19.2 Å². The summed E-state index contributed by atoms with van der Waals surface area (Å²) < 4.78 is 23.6. The molecule has 6 bridgehead atoms. The number of hydrogen-bond donors (Lipinski definition) is 3. The predicted molar refractivity (Wildman–Crippen MR) is 300 cm³/mol. The van der Waals surface area contributed by atoms with E-state index in [2.05, 4.69) is 74.2 Å². The maximum absolute atomic E-state index is 15.3. The highest BCUT2D eigenvalue weighted by Gasteiger charge is 2.69. The molecule has 11 rings (SSSR count). The van der Waals surface area contributed by atoms with Crippen molar-refractivity contribution in [2.75, 3.05) is 32.8 Å². The maximum atomic E-state index is 15.3. The number of phenols is 1. The first-order valence-corrected chi connectivity index (χ1v) is 30.1. The van der Waals surface area contributed by atoms with Gasteiger partial charge in [0.05, 0.1) is 29.5 Å². The summed E-state index contributed by atoms with van der Waals surface area (Å²) in [4.78, 5) is 82.5. The number of amides is 4. The molecule has 17 heteroatoms. The third kappa shape index (κ3) is 10.2. The molecule has 7 aliphatic rings. The van der Waals surface area contributed by atoms with E-state index in [4.69, 9.17) is 9.72 Å². The number of rotatable bonds is 10. The minimum Gasteiger partial charge on any atom is -0.597 e. The Hall–Kier alpha value is -5.49. The number of fused-ring (bicyclic) bond motifs is 6. The molecule has 4 saturated heterocycles. The quantitative estimate of drug-likeness (QED) is 0.0798. The van der Waals surface area contributed by atoms with Crippen molar-refractivity contribution in [1.82, 2.24) is 39.4 Å². The zero-order chi connectivity index (χ0) is 55.2. The molecule has 4 aromatic rings. The van der Waals surface area contributed by atoms with Crippen LogP contribution in [0.15, 0.2) is 54.7 Å². The van der Waals surface area contributed by atoms with Crippen LogP contribution in [-0.2, 0) is 59.5 Å². The summed E-state index contributed by atoms with van der Waals surface area (Å²) in [6.45, 7) is 18.6. The molecule has 0 radical (unpaired) electrons. The number of carbonyl (C=O) groups excluding carboxylic acids is 5. The topological polar surface area (TPSA) is 192 Å². The van der Waals surface area contributed by atoms with Crippen LogP contribution < -0.4 is 10.7 Å². The highest BCUT2D eigenvalue weighted by molar-refractivity contribution is 7.90. The SMILES string of the molecule is CCn1c(-c2cccnc2C(C)C)c2c3cc(ccc31)-c1cc(O)cc(c1)C[C@H](NC(=O)[C@H](C1CCCC1)N1CC[C@]3(CCN(C(=O)[C@H]4[C@@H](C5CC5)N4[S@+]([O-])C(C)(C)C)C3)C1=O)C(=O)N1CCC[C@H](N1)C(=O)OCC(C)(C)C2. The Balaban J connectivity index is 0.915. The number of aromatic hydroxyl groups is 1. The number of aryl methyl sites for hydroxylation is 1. The van der Waals surface area contributed by atoms with Crippen molar-refractivity contribution in [3.05, 3.63) is 71.5 Å². The Morgan fingerprint density at radius 1 is 0.962 bits per heavy atom. The van der Waals surface area contributed by atoms with Crippen LogP contribution in [-0.4, -0.2) is 136 Å². The van der Waals surface area contributed by atoms with Crippen LogP contribution in [0.3, 0.4) is 0 Å². The molecule has 5 aliphatic heterocycles. The van der Waals surface area contributed by atoms with E-state index in [0.29, 0.717) is 69.8 Å². The number of ether oxygens (including phenoxy) is 1. The summed E-state index contributed by atoms with van der Waals surface area (Å²) in [6, 6.07) is 12.5. The number of nitrogens with one attached hydrogen (secondary N) is 2. The van der Waals surface area contributed by atoms with Crippen LogP contribution in [0.2, 0.25) is 0 Å². The number of carbonyl (C=O) groups is 5. The molecule has 16 nitrogen and oxygen atoms in total. The van der Waals surface area contributed by atoms with Gasteiger partial charge in [0.25, 0.3) is 5.91 Å². The number of aromatic nitrogens is 2. The third-order valence-electron chi connectivity index (χ3n) is 18.0. The third-order valence-corrected chi connectivity index (χ3v) is 19.9. The maximum Gasteiger partial charge on any atom is 0.324 e. The lowest BCUT2D eigenvalue weighted by Gasteiger charge is -2.37. The predicted octanol–water partition coefficient (Wildman–Crippen LogP) is 7.80. The van der Waals surface area contributed by atoms with E-state index in [-0.39, 0.29) is 55.0 Å². The fraction of sp³-hybridized carbons (Fsp3) is 0.607. The first kappa shape index (κ1) is 54.5. The standard InChI is InChI=1S/C61H80N8O8S/c1-9-66-48-21-20-40-32-44(48)45(52(66)43-16-12-24-62-49(43)36(2)3)33-60(7,8)35-77-57(74)46-17-13-25-68(64-46)55(72)47(30-37-28-41(40)31-42(70)29-37)63-54(71)51(38-14-10-11-15-38)67-27-23-61(58(67)75)22-26-65(34-61)56(73)53-50(39-18-19-39)69(53)78(76)59(4,5)6/h12,16,20-21,24,28-29,31-32,36,38-39,46-47,50-51,53,64,70H,9-11,13-15,17-19,22-23,25-27,30,33-35H2,1-8H3,(H,63,71)/t46-,47-,50+,51-,53+,61-,69?,78+/m0/s1. The minimum atomic E-state index is -1.33. The molecule has 6 fully saturated rings. The van der Waals surface area contributed by atoms with E-state index in [1.165, 1.54) is 5.01 Å². The molecular weight excluding hydrogens is 1000 g/mol. The minimum absolute atomic E-state index is 0.0133. The van der Waals surface area contributed by atoms with Crippen LogP contribution in [0.5, 0.6) is 5.75 Å². The Labute approximate surface area is 462 Å². The Bertz CT molecular complexity index is 3010. The molecule has 2 saturated carbocycles. The van der Waals surface area contributed by atoms with Crippen molar-refractivity contribution in [3.63, 3.8) is 0 Å². The second-order valence-corrected chi connectivity index (χ2v) is 28.0. The number of hydrogen-bond acceptors (Lipinski definition) is 11. The van der Waals surface area contributed by atoms with Crippen LogP contribution in [0.25, 0.3) is 33.3 Å². The molecule has 2 aliphatic carbocycles. The molecule has 78 heavy (non-hydrogen) atoms. The van der Waals surface area contributed by atoms with Crippen LogP contribution in [0.1, 0.15) is 142 Å². The lowest BCUT2D eigenvalue weighted by atomic mass is 9.83. The molecule has 2 aromatic carbocycles. The van der Waals surface area contributed by atoms with Gasteiger partial charge in [0, 0.05) is 78.6 Å². The number of nitrogens with zero attached hydrogens (tertiary/aromatic N) is 6. The van der Waals surface area contributed by atoms with Crippen molar-refractivity contribution in [2.24, 2.45) is 22.7 Å². The van der Waals surface area contributed by atoms with Gasteiger partial charge < -0.3 is 34.1 Å². The van der Waals surface area contributed by atoms with Gasteiger partial charge in [0.2, 0.25) is 17.7 Å². The van der Waals surface area contributed by atoms with Crippen molar-refractivity contribution in [1.29, 1.82) is 0 Å². The van der Waals surface area contributed by atoms with Crippen LogP contribution in [0.4, 0.5) is 0 Å². The lowest BCUT2D eigenvalue weighted by Crippen LogP contribution is -2.62. The first-order valence-electron chi connectivity index (χ1n) is 29.0. The fourth-order valence-corrected chi connectivity index (χ4v) is 15.4. The summed E-state index contributed by atoms with van der Waals surface area (Å²) >= 11 is -1.33. The second kappa shape index (κ2) is 20.9. The molecule has 3 N–H and O–H groups in total. The molecule has 4 amide bonds. The molecule has 8 atom stereocenters. The van der Waals surface area contributed by atoms with Crippen molar-refractivity contribution < 1.29 is 38.4 Å². The van der Waals surface area contributed by atoms with E-state index < -0.39 is 68.9 Å². The van der Waals surface area contributed by atoms with Gasteiger partial charge in [-0.05, 0) is 162 Å². The van der Waals surface area contributed by atoms with E-state index in [1.807, 2.05) is 48.3 Å². The van der Waals surface area contributed by atoms with Crippen molar-refractivity contribution >= 4 is 51.9 Å². The molecule has 7 heterocycles. The average molecular weight is 1090 g/mol. The van der Waals surface area contributed by atoms with Gasteiger partial charge in [-0.25, -0.2) is 5.43 Å². The number of benzene rings is 2. The van der Waals surface area contributed by atoms with Gasteiger partial charge in [0.1, 0.15) is 28.6 Å². The second-order valence-electron chi connectivity index (χ2n) is 25.8. The summed E-state index contributed by atoms with van der Waals surface area (Å²) in [6.07, 6.45) is 9.80. The van der Waals surface area contributed by atoms with Crippen LogP contribution in [0, 0.1) is 22.7 Å². The number of cyclic esters (lactones) is 1. The van der Waals surface area contributed by atoms with Crippen molar-refractivity contribution in [3.8, 4) is 28.1 Å². The Kier molecular flexibility index (Phi) is 14.6. The van der Waals surface area contributed by atoms with Gasteiger partial charge in [0.15, 0.2) is 6.04 Å². The fourth-order valence-electron chi connectivity index (χ4n) is 13.9. The van der Waals surface area contributed by atoms with Gasteiger partial charge in [-0.2, -0.15) is 0 Å². The summed E-state index contributed by atoms with van der Waals surface area (Å²) in [5.74, 6) is -1.09. The summed E-state index contributed by atoms with van der Waals surface area (Å²) in [5.41, 5.74) is 9.36. The van der Waals surface area contributed by atoms with Gasteiger partial charge in [-0.1, -0.05) is 52.7 Å². The lowest BCUT2D eigenvalue weighted by molar-refractivity contribution is -0.155. The van der Waals surface area contributed by atoms with Crippen molar-refractivity contribution in [2.45, 2.75) is 180 Å². The highest BCUT2D eigenvalue weighted by atomic mass is 32.2. The summed E-state index contributed by atoms with van der Waals surface area (Å²) in [5, 5.41) is 17.2. The largest absolute Gasteiger partial charge is 0.597 e. The van der Waals surface area contributed by atoms with Gasteiger partial charge in [-0.3, -0.25) is 34.0 Å². The number of hydrazine groups is 1. The average Bonchev–Trinajstić information content (AvgIpc) is 4.37. The zero-order valence-corrected chi connectivity index (χ0v) is 47.8. The number of phenolic OH excluding ortho intramolecular Hbond substituents is 1. The van der Waals surface area contributed by atoms with Gasteiger partial charge >= 0.3 is 5.97 Å². The molecule has 418 valence electrons. The number of pyridine rings is 1. The molecular formula is C61H80N8O8S. The van der Waals surface area contributed by atoms with E-state index in [1.54, 1.807) is 17.0 Å².